The van der Waals surface area contributed by atoms with Crippen LogP contribution >= 0.6 is 0 Å². The number of benzene rings is 2. The average Bonchev–Trinajstić information content (AvgIpc) is 2.64. The smallest absolute Gasteiger partial charge is 0.387 e. The fourth-order valence-corrected chi connectivity index (χ4v) is 3.40. The summed E-state index contributed by atoms with van der Waals surface area (Å²) < 4.78 is 38.7. The molecule has 0 spiro atoms. The van der Waals surface area contributed by atoms with Gasteiger partial charge in [0.05, 0.1) is 17.3 Å². The second-order valence-electron chi connectivity index (χ2n) is 6.84. The molecule has 1 saturated heterocycles. The molecule has 3 nitrogen and oxygen atoms in total. The molecule has 1 fully saturated rings. The molecule has 140 valence electrons. The van der Waals surface area contributed by atoms with Crippen molar-refractivity contribution >= 4 is 0 Å². The minimum absolute atomic E-state index is 0.301. The summed E-state index contributed by atoms with van der Waals surface area (Å²) in [4.78, 5) is 2.03. The molecule has 2 aromatic rings. The Morgan fingerprint density at radius 3 is 2.27 bits per heavy atom. The molecule has 0 bridgehead atoms. The van der Waals surface area contributed by atoms with Gasteiger partial charge < -0.3 is 15.1 Å². The quantitative estimate of drug-likeness (QED) is 0.868. The monoisotopic (exact) mass is 365 g/mol. The van der Waals surface area contributed by atoms with E-state index in [9.17, 15) is 23.4 Å². The molecule has 1 unspecified atom stereocenters. The molecule has 0 amide bonds. The summed E-state index contributed by atoms with van der Waals surface area (Å²) >= 11 is 0. The lowest BCUT2D eigenvalue weighted by Gasteiger charge is -2.39. The van der Waals surface area contributed by atoms with E-state index in [0.717, 1.165) is 17.7 Å². The highest BCUT2D eigenvalue weighted by molar-refractivity contribution is 5.30. The molecular weight excluding hydrogens is 343 g/mol. The van der Waals surface area contributed by atoms with E-state index in [0.29, 0.717) is 38.0 Å². The van der Waals surface area contributed by atoms with E-state index < -0.39 is 23.4 Å². The van der Waals surface area contributed by atoms with E-state index in [4.69, 9.17) is 0 Å². The predicted molar refractivity (Wildman–Crippen MR) is 92.4 cm³/mol. The number of rotatable bonds is 4. The fraction of sp³-hybridized carbons (Fsp3) is 0.400. The van der Waals surface area contributed by atoms with Crippen LogP contribution in [-0.4, -0.2) is 34.7 Å². The van der Waals surface area contributed by atoms with Crippen molar-refractivity contribution in [1.29, 1.82) is 0 Å². The highest BCUT2D eigenvalue weighted by Gasteiger charge is 2.37. The first-order valence-corrected chi connectivity index (χ1v) is 8.63. The van der Waals surface area contributed by atoms with Crippen LogP contribution in [0, 0.1) is 0 Å². The SMILES string of the molecule is OC(CN1CCC(O)(c2cccc(C(F)(F)F)c2)CC1)c1ccccc1. The zero-order chi connectivity index (χ0) is 18.8. The van der Waals surface area contributed by atoms with Gasteiger partial charge in [0.25, 0.3) is 0 Å². The molecule has 1 heterocycles. The Hall–Kier alpha value is -1.89. The number of nitrogens with zero attached hydrogens (tertiary/aromatic N) is 1. The lowest BCUT2D eigenvalue weighted by Crippen LogP contribution is -2.44. The highest BCUT2D eigenvalue weighted by atomic mass is 19.4. The number of β-amino-alcohol motifs (C(OH)–C–C–N with tert-alkyl or cyclic N) is 1. The van der Waals surface area contributed by atoms with Crippen molar-refractivity contribution in [3.63, 3.8) is 0 Å². The van der Waals surface area contributed by atoms with Crippen LogP contribution in [0.5, 0.6) is 0 Å². The summed E-state index contributed by atoms with van der Waals surface area (Å²) in [6.45, 7) is 1.45. The summed E-state index contributed by atoms with van der Waals surface area (Å²) in [7, 11) is 0. The van der Waals surface area contributed by atoms with Crippen molar-refractivity contribution in [1.82, 2.24) is 4.90 Å². The van der Waals surface area contributed by atoms with Crippen molar-refractivity contribution in [2.45, 2.75) is 30.7 Å². The van der Waals surface area contributed by atoms with Gasteiger partial charge in [0, 0.05) is 19.6 Å². The van der Waals surface area contributed by atoms with Crippen LogP contribution in [0.4, 0.5) is 13.2 Å². The number of alkyl halides is 3. The molecule has 1 atom stereocenters. The molecule has 0 aliphatic carbocycles. The molecular formula is C20H22F3NO2. The van der Waals surface area contributed by atoms with E-state index in [1.54, 1.807) is 6.07 Å². The van der Waals surface area contributed by atoms with Crippen molar-refractivity contribution in [3.8, 4) is 0 Å². The van der Waals surface area contributed by atoms with Gasteiger partial charge >= 0.3 is 6.18 Å². The van der Waals surface area contributed by atoms with Crippen LogP contribution < -0.4 is 0 Å². The Labute approximate surface area is 150 Å². The molecule has 2 aromatic carbocycles. The van der Waals surface area contributed by atoms with Gasteiger partial charge in [-0.2, -0.15) is 13.2 Å². The van der Waals surface area contributed by atoms with E-state index in [1.165, 1.54) is 6.07 Å². The predicted octanol–water partition coefficient (Wildman–Crippen LogP) is 3.72. The van der Waals surface area contributed by atoms with E-state index in [2.05, 4.69) is 0 Å². The second kappa shape index (κ2) is 7.39. The van der Waals surface area contributed by atoms with Gasteiger partial charge in [-0.1, -0.05) is 42.5 Å². The summed E-state index contributed by atoms with van der Waals surface area (Å²) in [6.07, 6.45) is -4.39. The lowest BCUT2D eigenvalue weighted by atomic mass is 9.83. The number of hydrogen-bond acceptors (Lipinski definition) is 3. The molecule has 0 aromatic heterocycles. The van der Waals surface area contributed by atoms with Gasteiger partial charge in [0.1, 0.15) is 0 Å². The fourth-order valence-electron chi connectivity index (χ4n) is 3.40. The maximum absolute atomic E-state index is 12.9. The summed E-state index contributed by atoms with van der Waals surface area (Å²) in [5.41, 5.74) is -0.887. The maximum atomic E-state index is 12.9. The Bertz CT molecular complexity index is 725. The van der Waals surface area contributed by atoms with Crippen LogP contribution in [-0.2, 0) is 11.8 Å². The average molecular weight is 365 g/mol. The third-order valence-corrected chi connectivity index (χ3v) is 5.03. The molecule has 0 saturated carbocycles. The van der Waals surface area contributed by atoms with Gasteiger partial charge in [0.2, 0.25) is 0 Å². The zero-order valence-electron chi connectivity index (χ0n) is 14.3. The first kappa shape index (κ1) is 18.9. The van der Waals surface area contributed by atoms with Crippen LogP contribution in [0.25, 0.3) is 0 Å². The molecule has 2 N–H and O–H groups in total. The van der Waals surface area contributed by atoms with Crippen molar-refractivity contribution in [2.75, 3.05) is 19.6 Å². The van der Waals surface area contributed by atoms with Crippen molar-refractivity contribution < 1.29 is 23.4 Å². The number of aliphatic hydroxyl groups is 2. The summed E-state index contributed by atoms with van der Waals surface area (Å²) in [5, 5.41) is 21.2. The van der Waals surface area contributed by atoms with Gasteiger partial charge in [-0.3, -0.25) is 0 Å². The molecule has 6 heteroatoms. The minimum Gasteiger partial charge on any atom is -0.387 e. The van der Waals surface area contributed by atoms with E-state index in [1.807, 2.05) is 35.2 Å². The van der Waals surface area contributed by atoms with Crippen LogP contribution in [0.15, 0.2) is 54.6 Å². The zero-order valence-corrected chi connectivity index (χ0v) is 14.3. The molecule has 3 rings (SSSR count). The Kier molecular flexibility index (Phi) is 5.37. The third kappa shape index (κ3) is 4.26. The Balaban J connectivity index is 1.64. The van der Waals surface area contributed by atoms with Crippen molar-refractivity contribution in [2.24, 2.45) is 0 Å². The van der Waals surface area contributed by atoms with Crippen molar-refractivity contribution in [3.05, 3.63) is 71.3 Å². The molecule has 0 radical (unpaired) electrons. The number of halogens is 3. The van der Waals surface area contributed by atoms with Crippen LogP contribution in [0.3, 0.4) is 0 Å². The van der Waals surface area contributed by atoms with Gasteiger partial charge in [0.15, 0.2) is 0 Å². The van der Waals surface area contributed by atoms with Gasteiger partial charge in [-0.05, 0) is 36.1 Å². The Morgan fingerprint density at radius 2 is 1.65 bits per heavy atom. The molecule has 1 aliphatic heterocycles. The Morgan fingerprint density at radius 1 is 1.00 bits per heavy atom. The minimum atomic E-state index is -4.42. The number of likely N-dealkylation sites (tertiary alicyclic amines) is 1. The van der Waals surface area contributed by atoms with Crippen LogP contribution in [0.1, 0.15) is 35.6 Å². The first-order valence-electron chi connectivity index (χ1n) is 8.63. The number of piperidine rings is 1. The molecule has 26 heavy (non-hydrogen) atoms. The van der Waals surface area contributed by atoms with Crippen LogP contribution in [0.2, 0.25) is 0 Å². The topological polar surface area (TPSA) is 43.7 Å². The normalized spacial score (nSPS) is 19.3. The van der Waals surface area contributed by atoms with E-state index >= 15 is 0 Å². The van der Waals surface area contributed by atoms with Gasteiger partial charge in [-0.15, -0.1) is 0 Å². The highest BCUT2D eigenvalue weighted by Crippen LogP contribution is 2.37. The maximum Gasteiger partial charge on any atom is 0.416 e. The number of aliphatic hydroxyl groups excluding tert-OH is 1. The number of hydrogen-bond donors (Lipinski definition) is 2. The summed E-state index contributed by atoms with van der Waals surface area (Å²) in [5.74, 6) is 0. The van der Waals surface area contributed by atoms with Gasteiger partial charge in [-0.25, -0.2) is 0 Å². The second-order valence-corrected chi connectivity index (χ2v) is 6.84. The summed E-state index contributed by atoms with van der Waals surface area (Å²) in [6, 6.07) is 14.2. The largest absolute Gasteiger partial charge is 0.416 e. The lowest BCUT2D eigenvalue weighted by molar-refractivity contribution is -0.137. The molecule has 1 aliphatic rings. The van der Waals surface area contributed by atoms with E-state index in [-0.39, 0.29) is 0 Å². The first-order chi connectivity index (χ1) is 12.3. The third-order valence-electron chi connectivity index (χ3n) is 5.03. The standard InChI is InChI=1S/C20H22F3NO2/c21-20(22,23)17-8-4-7-16(13-17)19(26)9-11-24(12-10-19)14-18(25)15-5-2-1-3-6-15/h1-8,13,18,25-26H,9-12,14H2.